The van der Waals surface area contributed by atoms with E-state index >= 15 is 0 Å². The van der Waals surface area contributed by atoms with Gasteiger partial charge in [-0.25, -0.2) is 0 Å². The van der Waals surface area contributed by atoms with E-state index in [0.717, 1.165) is 44.9 Å². The van der Waals surface area contributed by atoms with E-state index in [9.17, 15) is 9.59 Å². The van der Waals surface area contributed by atoms with Gasteiger partial charge < -0.3 is 14.2 Å². The molecule has 0 radical (unpaired) electrons. The van der Waals surface area contributed by atoms with E-state index in [4.69, 9.17) is 14.2 Å². The van der Waals surface area contributed by atoms with Crippen LogP contribution in [0, 0.1) is 50.2 Å². The highest BCUT2D eigenvalue weighted by Gasteiger charge is 2.70. The third-order valence-electron chi connectivity index (χ3n) is 13.8. The maximum Gasteiger partial charge on any atom is 0.302 e. The van der Waals surface area contributed by atoms with Gasteiger partial charge in [-0.2, -0.15) is 0 Å². The largest absolute Gasteiger partial charge is 0.462 e. The Labute approximate surface area is 237 Å². The Bertz CT molecular complexity index is 1060. The first-order valence-corrected chi connectivity index (χ1v) is 15.5. The summed E-state index contributed by atoms with van der Waals surface area (Å²) in [6.45, 7) is 18.8. The van der Waals surface area contributed by atoms with Crippen molar-refractivity contribution < 1.29 is 23.8 Å². The second-order valence-corrected chi connectivity index (χ2v) is 16.0. The quantitative estimate of drug-likeness (QED) is 0.278. The maximum absolute atomic E-state index is 13.9. The van der Waals surface area contributed by atoms with Gasteiger partial charge >= 0.3 is 5.97 Å². The van der Waals surface area contributed by atoms with Gasteiger partial charge in [-0.3, -0.25) is 9.59 Å². The number of methoxy groups -OCH3 is 2. The second-order valence-electron chi connectivity index (χ2n) is 16.0. The van der Waals surface area contributed by atoms with Crippen LogP contribution in [0.4, 0.5) is 0 Å². The van der Waals surface area contributed by atoms with Gasteiger partial charge in [0.25, 0.3) is 0 Å². The van der Waals surface area contributed by atoms with Crippen LogP contribution < -0.4 is 0 Å². The standard InChI is InChI=1S/C34H54O5/c1-21(35)39-26-14-15-31(5)24(32(26,6)20-37-9)13-16-34(8)25(31)12-11-22-23-19-29(2,3)28(38-10)27(36)30(23,4)17-18-33(22,34)7/h11,23-26,28H,12-20H2,1-10H3/t23-,24+,25+,26-,28-,30+,31-,32+,33+,34+/m0/s1. The van der Waals surface area contributed by atoms with Crippen LogP contribution in [0.25, 0.3) is 0 Å². The summed E-state index contributed by atoms with van der Waals surface area (Å²) in [6, 6.07) is 0. The molecule has 0 amide bonds. The van der Waals surface area contributed by atoms with Gasteiger partial charge in [-0.15, -0.1) is 0 Å². The Hall–Kier alpha value is -1.20. The van der Waals surface area contributed by atoms with Crippen molar-refractivity contribution in [2.24, 2.45) is 50.2 Å². The number of ether oxygens (including phenoxy) is 3. The molecule has 0 unspecified atom stereocenters. The summed E-state index contributed by atoms with van der Waals surface area (Å²) >= 11 is 0. The molecule has 5 rings (SSSR count). The van der Waals surface area contributed by atoms with Crippen LogP contribution in [0.1, 0.15) is 107 Å². The van der Waals surface area contributed by atoms with Crippen molar-refractivity contribution in [1.29, 1.82) is 0 Å². The molecule has 0 aromatic carbocycles. The maximum atomic E-state index is 13.9. The molecule has 4 fully saturated rings. The predicted molar refractivity (Wildman–Crippen MR) is 153 cm³/mol. The molecule has 0 aliphatic heterocycles. The molecule has 5 heteroatoms. The number of hydrogen-bond acceptors (Lipinski definition) is 5. The molecule has 0 aromatic rings. The number of esters is 1. The first-order chi connectivity index (χ1) is 18.0. The molecule has 10 atom stereocenters. The zero-order valence-electron chi connectivity index (χ0n) is 26.4. The molecule has 5 nitrogen and oxygen atoms in total. The van der Waals surface area contributed by atoms with Gasteiger partial charge in [0, 0.05) is 32.0 Å². The molecule has 4 saturated carbocycles. The lowest BCUT2D eigenvalue weighted by Gasteiger charge is -2.71. The number of carbonyl (C=O) groups is 2. The lowest BCUT2D eigenvalue weighted by molar-refractivity contribution is -0.225. The fraction of sp³-hybridized carbons (Fsp3) is 0.882. The SMILES string of the molecule is COC[C@]1(C)[C@@H]2CC[C@]3(C)[C@H](CC=C4[C@@H]5CC(C)(C)[C@@H](OC)C(=O)[C@]5(C)CC[C@]43C)[C@@]2(C)CC[C@@H]1OC(C)=O. The average molecular weight is 543 g/mol. The minimum Gasteiger partial charge on any atom is -0.462 e. The molecule has 0 saturated heterocycles. The summed E-state index contributed by atoms with van der Waals surface area (Å²) in [5.41, 5.74) is 1.25. The van der Waals surface area contributed by atoms with E-state index in [2.05, 4.69) is 54.5 Å². The molecule has 0 N–H and O–H groups in total. The van der Waals surface area contributed by atoms with E-state index in [1.807, 2.05) is 0 Å². The van der Waals surface area contributed by atoms with Crippen molar-refractivity contribution in [2.45, 2.75) is 119 Å². The summed E-state index contributed by atoms with van der Waals surface area (Å²) in [5, 5.41) is 0. The zero-order chi connectivity index (χ0) is 28.8. The van der Waals surface area contributed by atoms with Crippen molar-refractivity contribution in [3.8, 4) is 0 Å². The summed E-state index contributed by atoms with van der Waals surface area (Å²) in [4.78, 5) is 26.0. The van der Waals surface area contributed by atoms with Crippen LogP contribution in [-0.4, -0.2) is 44.8 Å². The summed E-state index contributed by atoms with van der Waals surface area (Å²) < 4.78 is 17.6. The zero-order valence-corrected chi connectivity index (χ0v) is 26.4. The minimum absolute atomic E-state index is 0.0781. The number of hydrogen-bond donors (Lipinski definition) is 0. The van der Waals surface area contributed by atoms with Crippen molar-refractivity contribution in [1.82, 2.24) is 0 Å². The summed E-state index contributed by atoms with van der Waals surface area (Å²) in [6.07, 6.45) is 10.5. The van der Waals surface area contributed by atoms with Gasteiger partial charge in [-0.05, 0) is 90.8 Å². The Balaban J connectivity index is 1.55. The molecule has 39 heavy (non-hydrogen) atoms. The Morgan fingerprint density at radius 2 is 1.64 bits per heavy atom. The number of fused-ring (bicyclic) bond motifs is 7. The summed E-state index contributed by atoms with van der Waals surface area (Å²) in [7, 11) is 3.49. The molecule has 0 bridgehead atoms. The topological polar surface area (TPSA) is 61.8 Å². The Morgan fingerprint density at radius 1 is 0.949 bits per heavy atom. The van der Waals surface area contributed by atoms with E-state index < -0.39 is 0 Å². The van der Waals surface area contributed by atoms with E-state index in [1.54, 1.807) is 19.8 Å². The van der Waals surface area contributed by atoms with Crippen molar-refractivity contribution >= 4 is 11.8 Å². The summed E-state index contributed by atoms with van der Waals surface area (Å²) in [5.74, 6) is 1.40. The van der Waals surface area contributed by atoms with Crippen LogP contribution in [0.5, 0.6) is 0 Å². The minimum atomic E-state index is -0.342. The normalized spacial score (nSPS) is 50.6. The molecular weight excluding hydrogens is 488 g/mol. The van der Waals surface area contributed by atoms with Crippen molar-refractivity contribution in [2.75, 3.05) is 20.8 Å². The Kier molecular flexibility index (Phi) is 6.87. The monoisotopic (exact) mass is 542 g/mol. The fourth-order valence-electron chi connectivity index (χ4n) is 11.6. The van der Waals surface area contributed by atoms with Gasteiger partial charge in [0.1, 0.15) is 12.2 Å². The highest BCUT2D eigenvalue weighted by atomic mass is 16.5. The molecule has 220 valence electrons. The van der Waals surface area contributed by atoms with Crippen LogP contribution in [0.3, 0.4) is 0 Å². The van der Waals surface area contributed by atoms with Gasteiger partial charge in [0.05, 0.1) is 6.61 Å². The number of carbonyl (C=O) groups excluding carboxylic acids is 2. The van der Waals surface area contributed by atoms with Crippen LogP contribution in [-0.2, 0) is 23.8 Å². The Morgan fingerprint density at radius 3 is 2.26 bits per heavy atom. The van der Waals surface area contributed by atoms with E-state index in [-0.39, 0.29) is 56.6 Å². The van der Waals surface area contributed by atoms with Gasteiger partial charge in [-0.1, -0.05) is 60.1 Å². The number of ketones is 1. The lowest BCUT2D eigenvalue weighted by Crippen LogP contribution is -2.67. The lowest BCUT2D eigenvalue weighted by atomic mass is 9.33. The average Bonchev–Trinajstić information content (AvgIpc) is 2.83. The van der Waals surface area contributed by atoms with Crippen LogP contribution >= 0.6 is 0 Å². The second kappa shape index (κ2) is 9.15. The number of allylic oxidation sites excluding steroid dienone is 2. The predicted octanol–water partition coefficient (Wildman–Crippen LogP) is 7.17. The van der Waals surface area contributed by atoms with Crippen LogP contribution in [0.15, 0.2) is 11.6 Å². The molecule has 0 heterocycles. The first kappa shape index (κ1) is 29.3. The highest BCUT2D eigenvalue weighted by molar-refractivity contribution is 5.91. The van der Waals surface area contributed by atoms with Gasteiger partial charge in [0.15, 0.2) is 5.78 Å². The van der Waals surface area contributed by atoms with E-state index in [1.165, 1.54) is 13.3 Å². The molecule has 0 aromatic heterocycles. The van der Waals surface area contributed by atoms with Gasteiger partial charge in [0.2, 0.25) is 0 Å². The molecule has 0 spiro atoms. The third kappa shape index (κ3) is 3.76. The van der Waals surface area contributed by atoms with Crippen molar-refractivity contribution in [3.05, 3.63) is 11.6 Å². The van der Waals surface area contributed by atoms with E-state index in [0.29, 0.717) is 24.2 Å². The third-order valence-corrected chi connectivity index (χ3v) is 13.8. The number of Topliss-reactive ketones (excluding diaryl/α,β-unsaturated/α-hetero) is 1. The first-order valence-electron chi connectivity index (χ1n) is 15.5. The number of rotatable bonds is 4. The van der Waals surface area contributed by atoms with Crippen molar-refractivity contribution in [3.63, 3.8) is 0 Å². The molecule has 5 aliphatic carbocycles. The van der Waals surface area contributed by atoms with Crippen LogP contribution in [0.2, 0.25) is 0 Å². The smallest absolute Gasteiger partial charge is 0.302 e. The highest BCUT2D eigenvalue weighted by Crippen LogP contribution is 2.75. The molecule has 5 aliphatic rings. The molecular formula is C34H54O5. The fourth-order valence-corrected chi connectivity index (χ4v) is 11.6.